The van der Waals surface area contributed by atoms with Crippen LogP contribution in [0.15, 0.2) is 30.3 Å². The number of ether oxygens (including phenoxy) is 1. The van der Waals surface area contributed by atoms with E-state index in [4.69, 9.17) is 4.74 Å². The maximum Gasteiger partial charge on any atom is 0.0647 e. The molecule has 0 aromatic heterocycles. The molecule has 0 saturated carbocycles. The molecular weight excluding hydrogens is 260 g/mol. The number of rotatable bonds is 3. The fourth-order valence-electron chi connectivity index (χ4n) is 3.81. The van der Waals surface area contributed by atoms with E-state index in [0.29, 0.717) is 12.1 Å². The normalized spacial score (nSPS) is 34.8. The number of nitrogens with one attached hydrogen (secondary N) is 1. The molecule has 2 aliphatic rings. The number of benzene rings is 1. The molecule has 3 atom stereocenters. The molecule has 0 radical (unpaired) electrons. The summed E-state index contributed by atoms with van der Waals surface area (Å²) in [5.74, 6) is 0. The first kappa shape index (κ1) is 15.0. The monoisotopic (exact) mass is 288 g/mol. The van der Waals surface area contributed by atoms with Gasteiger partial charge in [-0.2, -0.15) is 0 Å². The molecule has 1 aromatic carbocycles. The Kier molecular flexibility index (Phi) is 4.63. The lowest BCUT2D eigenvalue weighted by Crippen LogP contribution is -2.62. The van der Waals surface area contributed by atoms with Gasteiger partial charge in [-0.25, -0.2) is 0 Å². The molecule has 116 valence electrons. The molecule has 2 fully saturated rings. The minimum absolute atomic E-state index is 0.175. The first-order valence-electron chi connectivity index (χ1n) is 8.36. The summed E-state index contributed by atoms with van der Waals surface area (Å²) in [6, 6.07) is 12.0. The van der Waals surface area contributed by atoms with E-state index in [0.717, 1.165) is 26.3 Å². The van der Waals surface area contributed by atoms with Crippen LogP contribution in [0.2, 0.25) is 0 Å². The second-order valence-corrected chi connectivity index (χ2v) is 6.75. The number of hydrogen-bond acceptors (Lipinski definition) is 3. The van der Waals surface area contributed by atoms with Gasteiger partial charge in [0.05, 0.1) is 6.61 Å². The summed E-state index contributed by atoms with van der Waals surface area (Å²) in [7, 11) is 0. The standard InChI is InChI=1S/C18H28N2O/c1-3-16-13-20(18(2)10-7-11-21-14-18)17(12-19-16)15-8-5-4-6-9-15/h4-6,8-9,16-17,19H,3,7,10-14H2,1-2H3. The van der Waals surface area contributed by atoms with Crippen molar-refractivity contribution in [3.8, 4) is 0 Å². The van der Waals surface area contributed by atoms with Crippen molar-refractivity contribution in [2.45, 2.75) is 50.7 Å². The van der Waals surface area contributed by atoms with Crippen LogP contribution >= 0.6 is 0 Å². The molecule has 3 unspecified atom stereocenters. The molecule has 3 heteroatoms. The Morgan fingerprint density at radius 3 is 2.81 bits per heavy atom. The van der Waals surface area contributed by atoms with E-state index in [9.17, 15) is 0 Å². The Morgan fingerprint density at radius 1 is 1.33 bits per heavy atom. The Morgan fingerprint density at radius 2 is 2.14 bits per heavy atom. The minimum Gasteiger partial charge on any atom is -0.380 e. The van der Waals surface area contributed by atoms with Crippen molar-refractivity contribution in [3.05, 3.63) is 35.9 Å². The molecule has 0 aliphatic carbocycles. The van der Waals surface area contributed by atoms with Gasteiger partial charge in [-0.3, -0.25) is 4.90 Å². The maximum atomic E-state index is 5.83. The summed E-state index contributed by atoms with van der Waals surface area (Å²) < 4.78 is 5.83. The van der Waals surface area contributed by atoms with Crippen molar-refractivity contribution in [2.24, 2.45) is 0 Å². The van der Waals surface area contributed by atoms with E-state index < -0.39 is 0 Å². The van der Waals surface area contributed by atoms with Crippen molar-refractivity contribution < 1.29 is 4.74 Å². The average Bonchev–Trinajstić information content (AvgIpc) is 2.56. The molecule has 0 amide bonds. The number of hydrogen-bond donors (Lipinski definition) is 1. The highest BCUT2D eigenvalue weighted by molar-refractivity contribution is 5.21. The lowest BCUT2D eigenvalue weighted by Gasteiger charge is -2.51. The summed E-state index contributed by atoms with van der Waals surface area (Å²) in [6.45, 7) is 8.62. The molecule has 2 aliphatic heterocycles. The van der Waals surface area contributed by atoms with Crippen molar-refractivity contribution in [2.75, 3.05) is 26.3 Å². The van der Waals surface area contributed by atoms with E-state index >= 15 is 0 Å². The van der Waals surface area contributed by atoms with Crippen LogP contribution in [0, 0.1) is 0 Å². The van der Waals surface area contributed by atoms with E-state index in [1.165, 1.54) is 24.8 Å². The van der Waals surface area contributed by atoms with Gasteiger partial charge in [-0.05, 0) is 31.7 Å². The van der Waals surface area contributed by atoms with E-state index in [-0.39, 0.29) is 5.54 Å². The number of piperazine rings is 1. The third-order valence-electron chi connectivity index (χ3n) is 5.18. The van der Waals surface area contributed by atoms with Crippen LogP contribution in [-0.2, 0) is 4.74 Å². The SMILES string of the molecule is CCC1CN(C2(C)CCCOC2)C(c2ccccc2)CN1. The zero-order chi connectivity index (χ0) is 14.7. The zero-order valence-corrected chi connectivity index (χ0v) is 13.3. The van der Waals surface area contributed by atoms with Crippen LogP contribution in [0.25, 0.3) is 0 Å². The van der Waals surface area contributed by atoms with Crippen LogP contribution in [0.3, 0.4) is 0 Å². The second-order valence-electron chi connectivity index (χ2n) is 6.75. The molecule has 3 rings (SSSR count). The summed E-state index contributed by atoms with van der Waals surface area (Å²) in [5, 5.41) is 3.72. The smallest absolute Gasteiger partial charge is 0.0647 e. The Labute approximate surface area is 128 Å². The molecule has 1 aromatic rings. The molecule has 3 nitrogen and oxygen atoms in total. The Bertz CT molecular complexity index is 442. The fraction of sp³-hybridized carbons (Fsp3) is 0.667. The Hall–Kier alpha value is -0.900. The van der Waals surface area contributed by atoms with Gasteiger partial charge < -0.3 is 10.1 Å². The summed E-state index contributed by atoms with van der Waals surface area (Å²) in [5.41, 5.74) is 1.60. The lowest BCUT2D eigenvalue weighted by molar-refractivity contribution is -0.0727. The molecule has 2 saturated heterocycles. The highest BCUT2D eigenvalue weighted by Gasteiger charge is 2.41. The minimum atomic E-state index is 0.175. The zero-order valence-electron chi connectivity index (χ0n) is 13.3. The first-order valence-corrected chi connectivity index (χ1v) is 8.36. The first-order chi connectivity index (χ1) is 10.2. The van der Waals surface area contributed by atoms with Gasteiger partial charge >= 0.3 is 0 Å². The van der Waals surface area contributed by atoms with Crippen LogP contribution in [0.5, 0.6) is 0 Å². The van der Waals surface area contributed by atoms with Crippen molar-refractivity contribution in [1.82, 2.24) is 10.2 Å². The summed E-state index contributed by atoms with van der Waals surface area (Å²) in [4.78, 5) is 2.71. The second kappa shape index (κ2) is 6.47. The lowest BCUT2D eigenvalue weighted by atomic mass is 9.87. The number of nitrogens with zero attached hydrogens (tertiary/aromatic N) is 1. The van der Waals surface area contributed by atoms with Gasteiger partial charge in [0.25, 0.3) is 0 Å². The van der Waals surface area contributed by atoms with Crippen molar-refractivity contribution in [3.63, 3.8) is 0 Å². The van der Waals surface area contributed by atoms with Gasteiger partial charge in [-0.1, -0.05) is 37.3 Å². The van der Waals surface area contributed by atoms with Crippen LogP contribution < -0.4 is 5.32 Å². The van der Waals surface area contributed by atoms with E-state index in [1.807, 2.05) is 0 Å². The predicted octanol–water partition coefficient (Wildman–Crippen LogP) is 2.98. The highest BCUT2D eigenvalue weighted by atomic mass is 16.5. The largest absolute Gasteiger partial charge is 0.380 e. The van der Waals surface area contributed by atoms with Gasteiger partial charge in [-0.15, -0.1) is 0 Å². The highest BCUT2D eigenvalue weighted by Crippen LogP contribution is 2.35. The van der Waals surface area contributed by atoms with Gasteiger partial charge in [0.2, 0.25) is 0 Å². The molecular formula is C18H28N2O. The molecule has 21 heavy (non-hydrogen) atoms. The third-order valence-corrected chi connectivity index (χ3v) is 5.18. The summed E-state index contributed by atoms with van der Waals surface area (Å²) >= 11 is 0. The van der Waals surface area contributed by atoms with E-state index in [2.05, 4.69) is 54.4 Å². The topological polar surface area (TPSA) is 24.5 Å². The van der Waals surface area contributed by atoms with Gasteiger partial charge in [0, 0.05) is 37.3 Å². The molecule has 0 spiro atoms. The average molecular weight is 288 g/mol. The third kappa shape index (κ3) is 3.15. The van der Waals surface area contributed by atoms with Gasteiger partial charge in [0.1, 0.15) is 0 Å². The fourth-order valence-corrected chi connectivity index (χ4v) is 3.81. The predicted molar refractivity (Wildman–Crippen MR) is 86.4 cm³/mol. The van der Waals surface area contributed by atoms with Crippen LogP contribution in [0.1, 0.15) is 44.7 Å². The van der Waals surface area contributed by atoms with E-state index in [1.54, 1.807) is 0 Å². The molecule has 2 heterocycles. The van der Waals surface area contributed by atoms with Crippen LogP contribution in [0.4, 0.5) is 0 Å². The quantitative estimate of drug-likeness (QED) is 0.925. The van der Waals surface area contributed by atoms with Crippen LogP contribution in [-0.4, -0.2) is 42.8 Å². The maximum absolute atomic E-state index is 5.83. The van der Waals surface area contributed by atoms with Crippen molar-refractivity contribution >= 4 is 0 Å². The Balaban J connectivity index is 1.86. The molecule has 0 bridgehead atoms. The van der Waals surface area contributed by atoms with Gasteiger partial charge in [0.15, 0.2) is 0 Å². The van der Waals surface area contributed by atoms with Crippen molar-refractivity contribution in [1.29, 1.82) is 0 Å². The molecule has 1 N–H and O–H groups in total. The summed E-state index contributed by atoms with van der Waals surface area (Å²) in [6.07, 6.45) is 3.61.